The maximum atomic E-state index is 4.21. The van der Waals surface area contributed by atoms with Crippen LogP contribution in [0.3, 0.4) is 0 Å². The summed E-state index contributed by atoms with van der Waals surface area (Å²) in [4.78, 5) is 4.21. The smallest absolute Gasteiger partial charge is 0.206 e. The van der Waals surface area contributed by atoms with E-state index in [4.69, 9.17) is 0 Å². The van der Waals surface area contributed by atoms with Gasteiger partial charge in [-0.05, 0) is 40.8 Å². The zero-order valence-corrected chi connectivity index (χ0v) is 8.98. The average Bonchev–Trinajstić information content (AvgIpc) is 2.62. The van der Waals surface area contributed by atoms with Crippen molar-refractivity contribution in [1.29, 1.82) is 0 Å². The fraction of sp³-hybridized carbons (Fsp3) is 0.143. The summed E-state index contributed by atoms with van der Waals surface area (Å²) in [6.07, 6.45) is 1.74. The Bertz CT molecular complexity index is 411. The van der Waals surface area contributed by atoms with E-state index in [2.05, 4.69) is 48.2 Å². The Morgan fingerprint density at radius 3 is 2.92 bits per heavy atom. The van der Waals surface area contributed by atoms with E-state index in [0.29, 0.717) is 5.82 Å². The van der Waals surface area contributed by atoms with Crippen LogP contribution >= 0.6 is 22.6 Å². The van der Waals surface area contributed by atoms with E-state index in [0.717, 1.165) is 14.8 Å². The van der Waals surface area contributed by atoms with Crippen LogP contribution in [0.1, 0.15) is 5.69 Å². The molecule has 0 spiro atoms. The predicted octanol–water partition coefficient (Wildman–Crippen LogP) is 1.17. The first-order valence-corrected chi connectivity index (χ1v) is 4.71. The molecule has 0 fully saturated rings. The number of nitrogens with one attached hydrogen (secondary N) is 1. The van der Waals surface area contributed by atoms with Crippen molar-refractivity contribution in [1.82, 2.24) is 25.6 Å². The molecule has 0 aliphatic carbocycles. The fourth-order valence-electron chi connectivity index (χ4n) is 0.913. The molecule has 6 heteroatoms. The molecular weight excluding hydrogens is 281 g/mol. The van der Waals surface area contributed by atoms with Crippen LogP contribution in [0.15, 0.2) is 12.3 Å². The molecule has 2 aromatic rings. The Kier molecular flexibility index (Phi) is 2.21. The van der Waals surface area contributed by atoms with Crippen LogP contribution in [0.25, 0.3) is 11.4 Å². The Morgan fingerprint density at radius 2 is 2.31 bits per heavy atom. The van der Waals surface area contributed by atoms with Gasteiger partial charge in [0.2, 0.25) is 5.82 Å². The van der Waals surface area contributed by atoms with Gasteiger partial charge in [-0.15, -0.1) is 10.2 Å². The zero-order chi connectivity index (χ0) is 9.26. The summed E-state index contributed by atoms with van der Waals surface area (Å²) >= 11 is 2.23. The molecule has 0 saturated carbocycles. The molecule has 0 saturated heterocycles. The lowest BCUT2D eigenvalue weighted by molar-refractivity contribution is 0.881. The van der Waals surface area contributed by atoms with Crippen LogP contribution in [-0.4, -0.2) is 25.6 Å². The number of rotatable bonds is 1. The second-order valence-electron chi connectivity index (χ2n) is 2.53. The van der Waals surface area contributed by atoms with Gasteiger partial charge in [0.15, 0.2) is 0 Å². The third kappa shape index (κ3) is 1.67. The third-order valence-corrected chi connectivity index (χ3v) is 2.72. The first kappa shape index (κ1) is 8.54. The largest absolute Gasteiger partial charge is 0.260 e. The van der Waals surface area contributed by atoms with Crippen molar-refractivity contribution >= 4 is 22.6 Å². The van der Waals surface area contributed by atoms with E-state index in [-0.39, 0.29) is 0 Å². The monoisotopic (exact) mass is 287 g/mol. The van der Waals surface area contributed by atoms with Crippen LogP contribution in [-0.2, 0) is 0 Å². The summed E-state index contributed by atoms with van der Waals surface area (Å²) in [6.45, 7) is 1.96. The van der Waals surface area contributed by atoms with E-state index >= 15 is 0 Å². The standard InChI is InChI=1S/C7H6IN5/c1-4-6(8)2-5(3-9-4)7-10-12-13-11-7/h2-3H,1H3,(H,10,11,12,13). The highest BCUT2D eigenvalue weighted by atomic mass is 127. The number of pyridine rings is 1. The molecule has 5 nitrogen and oxygen atoms in total. The lowest BCUT2D eigenvalue weighted by Crippen LogP contribution is -1.89. The van der Waals surface area contributed by atoms with Gasteiger partial charge in [0, 0.05) is 15.3 Å². The van der Waals surface area contributed by atoms with E-state index in [1.54, 1.807) is 6.20 Å². The van der Waals surface area contributed by atoms with Crippen molar-refractivity contribution in [2.75, 3.05) is 0 Å². The summed E-state index contributed by atoms with van der Waals surface area (Å²) in [6, 6.07) is 1.98. The number of aromatic amines is 1. The molecule has 0 aliphatic heterocycles. The van der Waals surface area contributed by atoms with Crippen LogP contribution < -0.4 is 0 Å². The highest BCUT2D eigenvalue weighted by molar-refractivity contribution is 14.1. The number of tetrazole rings is 1. The minimum absolute atomic E-state index is 0.574. The topological polar surface area (TPSA) is 67.3 Å². The molecule has 13 heavy (non-hydrogen) atoms. The van der Waals surface area contributed by atoms with E-state index in [9.17, 15) is 0 Å². The molecule has 1 N–H and O–H groups in total. The summed E-state index contributed by atoms with van der Waals surface area (Å²) in [5.74, 6) is 0.574. The number of H-pyrrole nitrogens is 1. The minimum atomic E-state index is 0.574. The van der Waals surface area contributed by atoms with E-state index < -0.39 is 0 Å². The predicted molar refractivity (Wildman–Crippen MR) is 54.9 cm³/mol. The van der Waals surface area contributed by atoms with Gasteiger partial charge in [-0.3, -0.25) is 4.98 Å². The Morgan fingerprint density at radius 1 is 1.46 bits per heavy atom. The average molecular weight is 287 g/mol. The van der Waals surface area contributed by atoms with Gasteiger partial charge < -0.3 is 0 Å². The Labute approximate surface area is 88.1 Å². The molecule has 2 aromatic heterocycles. The number of aromatic nitrogens is 5. The van der Waals surface area contributed by atoms with Gasteiger partial charge >= 0.3 is 0 Å². The fourth-order valence-corrected chi connectivity index (χ4v) is 1.39. The first-order valence-electron chi connectivity index (χ1n) is 3.63. The van der Waals surface area contributed by atoms with Crippen LogP contribution in [0.2, 0.25) is 0 Å². The normalized spacial score (nSPS) is 10.3. The summed E-state index contributed by atoms with van der Waals surface area (Å²) in [5, 5.41) is 13.6. The van der Waals surface area contributed by atoms with Crippen molar-refractivity contribution in [3.8, 4) is 11.4 Å². The number of nitrogens with zero attached hydrogens (tertiary/aromatic N) is 4. The van der Waals surface area contributed by atoms with Crippen molar-refractivity contribution in [2.24, 2.45) is 0 Å². The summed E-state index contributed by atoms with van der Waals surface area (Å²) in [7, 11) is 0. The number of halogens is 1. The van der Waals surface area contributed by atoms with Crippen LogP contribution in [0, 0.1) is 10.5 Å². The summed E-state index contributed by atoms with van der Waals surface area (Å²) in [5.41, 5.74) is 1.89. The second-order valence-corrected chi connectivity index (χ2v) is 3.69. The van der Waals surface area contributed by atoms with Gasteiger partial charge in [0.05, 0.1) is 5.69 Å². The molecule has 0 atom stereocenters. The van der Waals surface area contributed by atoms with Crippen molar-refractivity contribution in [3.05, 3.63) is 21.5 Å². The second kappa shape index (κ2) is 3.36. The van der Waals surface area contributed by atoms with Gasteiger partial charge in [-0.2, -0.15) is 5.21 Å². The highest BCUT2D eigenvalue weighted by Crippen LogP contribution is 2.16. The molecule has 0 radical (unpaired) electrons. The zero-order valence-electron chi connectivity index (χ0n) is 6.82. The maximum absolute atomic E-state index is 4.21. The molecular formula is C7H6IN5. The number of aryl methyl sites for hydroxylation is 1. The molecule has 2 heterocycles. The molecule has 0 bridgehead atoms. The maximum Gasteiger partial charge on any atom is 0.206 e. The lowest BCUT2D eigenvalue weighted by atomic mass is 10.2. The van der Waals surface area contributed by atoms with Crippen molar-refractivity contribution in [3.63, 3.8) is 0 Å². The van der Waals surface area contributed by atoms with Gasteiger partial charge in [0.1, 0.15) is 0 Å². The lowest BCUT2D eigenvalue weighted by Gasteiger charge is -1.97. The first-order chi connectivity index (χ1) is 6.27. The molecule has 0 aliphatic rings. The minimum Gasteiger partial charge on any atom is -0.260 e. The van der Waals surface area contributed by atoms with Crippen molar-refractivity contribution in [2.45, 2.75) is 6.92 Å². The third-order valence-electron chi connectivity index (χ3n) is 1.63. The highest BCUT2D eigenvalue weighted by Gasteiger charge is 2.04. The van der Waals surface area contributed by atoms with Gasteiger partial charge in [0.25, 0.3) is 0 Å². The van der Waals surface area contributed by atoms with Crippen LogP contribution in [0.5, 0.6) is 0 Å². The molecule has 66 valence electrons. The van der Waals surface area contributed by atoms with Crippen LogP contribution in [0.4, 0.5) is 0 Å². The van der Waals surface area contributed by atoms with E-state index in [1.807, 2.05) is 13.0 Å². The quantitative estimate of drug-likeness (QED) is 0.800. The number of hydrogen-bond donors (Lipinski definition) is 1. The molecule has 0 unspecified atom stereocenters. The van der Waals surface area contributed by atoms with Gasteiger partial charge in [-0.25, -0.2) is 0 Å². The van der Waals surface area contributed by atoms with Gasteiger partial charge in [-0.1, -0.05) is 0 Å². The van der Waals surface area contributed by atoms with E-state index in [1.165, 1.54) is 0 Å². The molecule has 0 amide bonds. The number of hydrogen-bond acceptors (Lipinski definition) is 4. The van der Waals surface area contributed by atoms with Crippen molar-refractivity contribution < 1.29 is 0 Å². The molecule has 0 aromatic carbocycles. The molecule has 2 rings (SSSR count). The SMILES string of the molecule is Cc1ncc(-c2nn[nH]n2)cc1I. The Balaban J connectivity index is 2.49. The Hall–Kier alpha value is -1.05. The summed E-state index contributed by atoms with van der Waals surface area (Å²) < 4.78 is 1.10.